The van der Waals surface area contributed by atoms with Gasteiger partial charge in [0.05, 0.1) is 12.5 Å². The zero-order valence-corrected chi connectivity index (χ0v) is 14.0. The van der Waals surface area contributed by atoms with E-state index in [0.717, 1.165) is 5.56 Å². The van der Waals surface area contributed by atoms with E-state index in [9.17, 15) is 9.59 Å². The molecule has 1 aromatic rings. The number of carbonyl (C=O) groups excluding carboxylic acids is 2. The van der Waals surface area contributed by atoms with E-state index in [1.807, 2.05) is 36.4 Å². The number of nitriles is 1. The molecule has 0 N–H and O–H groups in total. The van der Waals surface area contributed by atoms with Crippen LogP contribution in [-0.4, -0.2) is 48.3 Å². The Kier molecular flexibility index (Phi) is 6.56. The van der Waals surface area contributed by atoms with Crippen LogP contribution in [0.5, 0.6) is 0 Å². The highest BCUT2D eigenvalue weighted by Crippen LogP contribution is 2.20. The Bertz CT molecular complexity index is 626. The number of piperidine rings is 1. The number of hydrogen-bond acceptors (Lipinski definition) is 3. The molecule has 2 rings (SSSR count). The lowest BCUT2D eigenvalue weighted by Gasteiger charge is -2.32. The minimum Gasteiger partial charge on any atom is -0.344 e. The smallest absolute Gasteiger partial charge is 0.246 e. The minimum atomic E-state index is -0.0455. The Balaban J connectivity index is 1.82. The van der Waals surface area contributed by atoms with Crippen LogP contribution < -0.4 is 0 Å². The lowest BCUT2D eigenvalue weighted by atomic mass is 9.95. The normalized spacial score (nSPS) is 15.2. The van der Waals surface area contributed by atoms with Gasteiger partial charge in [-0.25, -0.2) is 0 Å². The molecular formula is C19H23N3O2. The average Bonchev–Trinajstić information content (AvgIpc) is 2.64. The van der Waals surface area contributed by atoms with Gasteiger partial charge < -0.3 is 9.80 Å². The Morgan fingerprint density at radius 1 is 1.29 bits per heavy atom. The van der Waals surface area contributed by atoms with Crippen molar-refractivity contribution in [3.63, 3.8) is 0 Å². The molecular weight excluding hydrogens is 302 g/mol. The predicted octanol–water partition coefficient (Wildman–Crippen LogP) is 2.31. The quantitative estimate of drug-likeness (QED) is 0.780. The summed E-state index contributed by atoms with van der Waals surface area (Å²) in [4.78, 5) is 27.9. The van der Waals surface area contributed by atoms with Crippen LogP contribution in [-0.2, 0) is 9.59 Å². The first kappa shape index (κ1) is 17.7. The lowest BCUT2D eigenvalue weighted by molar-refractivity contribution is -0.138. The van der Waals surface area contributed by atoms with Crippen LogP contribution in [0.25, 0.3) is 6.08 Å². The van der Waals surface area contributed by atoms with Gasteiger partial charge in [-0.1, -0.05) is 30.3 Å². The van der Waals surface area contributed by atoms with E-state index in [4.69, 9.17) is 5.26 Å². The van der Waals surface area contributed by atoms with E-state index in [1.165, 1.54) is 0 Å². The molecule has 5 heteroatoms. The van der Waals surface area contributed by atoms with Crippen LogP contribution in [0.3, 0.4) is 0 Å². The largest absolute Gasteiger partial charge is 0.344 e. The maximum absolute atomic E-state index is 12.3. The molecule has 0 saturated carbocycles. The number of benzene rings is 1. The summed E-state index contributed by atoms with van der Waals surface area (Å²) >= 11 is 0. The van der Waals surface area contributed by atoms with Crippen molar-refractivity contribution in [2.24, 2.45) is 5.92 Å². The zero-order chi connectivity index (χ0) is 17.4. The number of rotatable bonds is 5. The second-order valence-corrected chi connectivity index (χ2v) is 6.01. The molecule has 1 aliphatic heterocycles. The van der Waals surface area contributed by atoms with Gasteiger partial charge in [0.25, 0.3) is 0 Å². The van der Waals surface area contributed by atoms with Gasteiger partial charge >= 0.3 is 0 Å². The Morgan fingerprint density at radius 2 is 1.96 bits per heavy atom. The molecule has 2 amide bonds. The molecule has 1 saturated heterocycles. The molecule has 24 heavy (non-hydrogen) atoms. The fraction of sp³-hybridized carbons (Fsp3) is 0.421. The highest BCUT2D eigenvalue weighted by atomic mass is 16.2. The summed E-state index contributed by atoms with van der Waals surface area (Å²) in [6.07, 6.45) is 5.12. The fourth-order valence-corrected chi connectivity index (χ4v) is 2.82. The predicted molar refractivity (Wildman–Crippen MR) is 92.6 cm³/mol. The first-order valence-corrected chi connectivity index (χ1v) is 8.26. The summed E-state index contributed by atoms with van der Waals surface area (Å²) in [6.45, 7) is 1.66. The number of nitrogens with zero attached hydrogens (tertiary/aromatic N) is 3. The first-order chi connectivity index (χ1) is 11.6. The molecule has 5 nitrogen and oxygen atoms in total. The molecule has 0 bridgehead atoms. The minimum absolute atomic E-state index is 0.0115. The third-order valence-electron chi connectivity index (χ3n) is 4.31. The molecule has 1 aliphatic rings. The van der Waals surface area contributed by atoms with Crippen molar-refractivity contribution in [2.45, 2.75) is 19.3 Å². The van der Waals surface area contributed by atoms with E-state index in [-0.39, 0.29) is 17.7 Å². The van der Waals surface area contributed by atoms with E-state index in [0.29, 0.717) is 38.9 Å². The van der Waals surface area contributed by atoms with Crippen LogP contribution in [0, 0.1) is 17.2 Å². The van der Waals surface area contributed by atoms with Gasteiger partial charge in [-0.2, -0.15) is 5.26 Å². The third kappa shape index (κ3) is 4.95. The average molecular weight is 325 g/mol. The summed E-state index contributed by atoms with van der Waals surface area (Å²) < 4.78 is 0. The molecule has 0 aromatic heterocycles. The maximum Gasteiger partial charge on any atom is 0.246 e. The highest BCUT2D eigenvalue weighted by Gasteiger charge is 2.28. The van der Waals surface area contributed by atoms with Crippen molar-refractivity contribution >= 4 is 17.9 Å². The Morgan fingerprint density at radius 3 is 2.58 bits per heavy atom. The van der Waals surface area contributed by atoms with Crippen LogP contribution >= 0.6 is 0 Å². The summed E-state index contributed by atoms with van der Waals surface area (Å²) in [7, 11) is 1.74. The van der Waals surface area contributed by atoms with Gasteiger partial charge in [-0.3, -0.25) is 9.59 Å². The van der Waals surface area contributed by atoms with Gasteiger partial charge in [0.1, 0.15) is 0 Å². The number of carbonyl (C=O) groups is 2. The monoisotopic (exact) mass is 325 g/mol. The number of hydrogen-bond donors (Lipinski definition) is 0. The molecule has 1 fully saturated rings. The van der Waals surface area contributed by atoms with Gasteiger partial charge in [0, 0.05) is 38.7 Å². The molecule has 0 radical (unpaired) electrons. The number of amides is 2. The number of likely N-dealkylation sites (tertiary alicyclic amines) is 1. The third-order valence-corrected chi connectivity index (χ3v) is 4.31. The molecule has 126 valence electrons. The van der Waals surface area contributed by atoms with Crippen molar-refractivity contribution in [2.75, 3.05) is 26.7 Å². The standard InChI is InChI=1S/C19H23N3O2/c1-21(13-5-12-20)19(24)17-10-14-22(15-11-17)18(23)9-8-16-6-3-2-4-7-16/h2-4,6-9,17H,5,10-11,13-15H2,1H3/b9-8+. The van der Waals surface area contributed by atoms with Crippen LogP contribution in [0.1, 0.15) is 24.8 Å². The maximum atomic E-state index is 12.3. The van der Waals surface area contributed by atoms with Crippen molar-refractivity contribution < 1.29 is 9.59 Å². The van der Waals surface area contributed by atoms with E-state index in [2.05, 4.69) is 6.07 Å². The zero-order valence-electron chi connectivity index (χ0n) is 14.0. The Labute approximate surface area is 143 Å². The molecule has 0 aliphatic carbocycles. The summed E-state index contributed by atoms with van der Waals surface area (Å²) in [5.41, 5.74) is 0.995. The van der Waals surface area contributed by atoms with Crippen molar-refractivity contribution in [1.29, 1.82) is 5.26 Å². The topological polar surface area (TPSA) is 64.4 Å². The molecule has 0 spiro atoms. The van der Waals surface area contributed by atoms with Gasteiger partial charge in [0.2, 0.25) is 11.8 Å². The van der Waals surface area contributed by atoms with Gasteiger partial charge in [-0.05, 0) is 24.5 Å². The summed E-state index contributed by atoms with van der Waals surface area (Å²) in [5, 5.41) is 8.60. The van der Waals surface area contributed by atoms with Gasteiger partial charge in [-0.15, -0.1) is 0 Å². The molecule has 1 aromatic carbocycles. The second-order valence-electron chi connectivity index (χ2n) is 6.01. The van der Waals surface area contributed by atoms with Crippen molar-refractivity contribution in [3.8, 4) is 6.07 Å². The van der Waals surface area contributed by atoms with Crippen LogP contribution in [0.4, 0.5) is 0 Å². The highest BCUT2D eigenvalue weighted by molar-refractivity contribution is 5.92. The van der Waals surface area contributed by atoms with Crippen molar-refractivity contribution in [3.05, 3.63) is 42.0 Å². The van der Waals surface area contributed by atoms with Crippen LogP contribution in [0.15, 0.2) is 36.4 Å². The van der Waals surface area contributed by atoms with E-state index >= 15 is 0 Å². The first-order valence-electron chi connectivity index (χ1n) is 8.26. The summed E-state index contributed by atoms with van der Waals surface area (Å²) in [5.74, 6) is 0.0237. The van der Waals surface area contributed by atoms with Gasteiger partial charge in [0.15, 0.2) is 0 Å². The summed E-state index contributed by atoms with van der Waals surface area (Å²) in [6, 6.07) is 11.8. The SMILES string of the molecule is CN(CCC#N)C(=O)C1CCN(C(=O)/C=C/c2ccccc2)CC1. The second kappa shape index (κ2) is 8.88. The fourth-order valence-electron chi connectivity index (χ4n) is 2.82. The van der Waals surface area contributed by atoms with E-state index in [1.54, 1.807) is 22.9 Å². The molecule has 0 unspecified atom stereocenters. The van der Waals surface area contributed by atoms with Crippen molar-refractivity contribution in [1.82, 2.24) is 9.80 Å². The van der Waals surface area contributed by atoms with Crippen LogP contribution in [0.2, 0.25) is 0 Å². The lowest BCUT2D eigenvalue weighted by Crippen LogP contribution is -2.43. The Hall–Kier alpha value is -2.61. The molecule has 1 heterocycles. The molecule has 0 atom stereocenters. The van der Waals surface area contributed by atoms with E-state index < -0.39 is 0 Å².